The Bertz CT molecular complexity index is 995. The van der Waals surface area contributed by atoms with E-state index in [0.29, 0.717) is 0 Å². The Morgan fingerprint density at radius 2 is 1.96 bits per heavy atom. The van der Waals surface area contributed by atoms with Crippen molar-refractivity contribution in [3.05, 3.63) is 65.2 Å². The predicted molar refractivity (Wildman–Crippen MR) is 95.2 cm³/mol. The van der Waals surface area contributed by atoms with Crippen molar-refractivity contribution < 1.29 is 18.0 Å². The summed E-state index contributed by atoms with van der Waals surface area (Å²) in [4.78, 5) is 12.9. The third kappa shape index (κ3) is 5.00. The molecule has 7 nitrogen and oxygen atoms in total. The lowest BCUT2D eigenvalue weighted by atomic mass is 10.1. The van der Waals surface area contributed by atoms with Crippen molar-refractivity contribution in [2.45, 2.75) is 19.6 Å². The number of hydrazone groups is 1. The fourth-order valence-corrected chi connectivity index (χ4v) is 2.26. The van der Waals surface area contributed by atoms with E-state index in [9.17, 15) is 18.0 Å². The molecule has 0 aliphatic carbocycles. The molecular formula is C18H15F3N6O. The number of hydrogen-bond acceptors (Lipinski definition) is 5. The zero-order valence-corrected chi connectivity index (χ0v) is 14.7. The van der Waals surface area contributed by atoms with E-state index in [2.05, 4.69) is 25.9 Å². The zero-order chi connectivity index (χ0) is 20.1. The van der Waals surface area contributed by atoms with Crippen LogP contribution < -0.4 is 5.43 Å². The Kier molecular flexibility index (Phi) is 5.48. The Hall–Kier alpha value is -3.56. The molecule has 10 heteroatoms. The minimum Gasteiger partial charge on any atom is -0.271 e. The molecule has 3 aromatic rings. The van der Waals surface area contributed by atoms with E-state index in [-0.39, 0.29) is 17.9 Å². The summed E-state index contributed by atoms with van der Waals surface area (Å²) >= 11 is 0. The summed E-state index contributed by atoms with van der Waals surface area (Å²) in [5.74, 6) is -0.515. The Morgan fingerprint density at radius 1 is 1.21 bits per heavy atom. The molecule has 0 bridgehead atoms. The number of rotatable bonds is 5. The van der Waals surface area contributed by atoms with Crippen LogP contribution >= 0.6 is 0 Å². The van der Waals surface area contributed by atoms with Crippen LogP contribution in [0, 0.1) is 6.92 Å². The van der Waals surface area contributed by atoms with Gasteiger partial charge < -0.3 is 0 Å². The molecule has 0 radical (unpaired) electrons. The molecule has 3 rings (SSSR count). The normalized spacial score (nSPS) is 11.7. The number of tetrazole rings is 1. The molecule has 0 aliphatic heterocycles. The highest BCUT2D eigenvalue weighted by Gasteiger charge is 2.30. The Morgan fingerprint density at radius 3 is 2.68 bits per heavy atom. The molecule has 1 aromatic heterocycles. The van der Waals surface area contributed by atoms with E-state index in [0.717, 1.165) is 28.1 Å². The third-order valence-electron chi connectivity index (χ3n) is 3.67. The summed E-state index contributed by atoms with van der Waals surface area (Å²) < 4.78 is 38.4. The summed E-state index contributed by atoms with van der Waals surface area (Å²) in [6.45, 7) is 1.68. The van der Waals surface area contributed by atoms with Crippen molar-refractivity contribution in [2.24, 2.45) is 5.10 Å². The number of carbonyl (C=O) groups excluding carboxylic acids is 1. The van der Waals surface area contributed by atoms with E-state index in [1.165, 1.54) is 18.3 Å². The minimum absolute atomic E-state index is 0.0120. The summed E-state index contributed by atoms with van der Waals surface area (Å²) in [5, 5.41) is 15.1. The number of nitrogens with zero attached hydrogens (tertiary/aromatic N) is 5. The first kappa shape index (κ1) is 19.2. The monoisotopic (exact) mass is 388 g/mol. The van der Waals surface area contributed by atoms with E-state index < -0.39 is 17.6 Å². The molecule has 2 aromatic carbocycles. The summed E-state index contributed by atoms with van der Waals surface area (Å²) in [5.41, 5.74) is 3.58. The van der Waals surface area contributed by atoms with Crippen LogP contribution in [0.15, 0.2) is 53.6 Å². The molecule has 0 saturated heterocycles. The van der Waals surface area contributed by atoms with Crippen molar-refractivity contribution >= 4 is 12.1 Å². The molecule has 0 spiro atoms. The van der Waals surface area contributed by atoms with Gasteiger partial charge in [0.25, 0.3) is 5.91 Å². The van der Waals surface area contributed by atoms with Crippen LogP contribution in [0.2, 0.25) is 0 Å². The van der Waals surface area contributed by atoms with Crippen LogP contribution in [0.1, 0.15) is 16.7 Å². The van der Waals surface area contributed by atoms with Crippen molar-refractivity contribution in [1.29, 1.82) is 0 Å². The van der Waals surface area contributed by atoms with Crippen LogP contribution in [0.5, 0.6) is 0 Å². The lowest BCUT2D eigenvalue weighted by molar-refractivity contribution is -0.137. The third-order valence-corrected chi connectivity index (χ3v) is 3.67. The number of aromatic nitrogens is 4. The lowest BCUT2D eigenvalue weighted by Crippen LogP contribution is -2.24. The molecule has 0 atom stereocenters. The standard InChI is InChI=1S/C18H15F3N6O/c1-12-5-7-13(8-6-12)10-22-23-16(28)11-27-25-17(24-26-27)14-3-2-4-15(9-14)18(19,20)21/h2-10H,11H2,1H3,(H,23,28)/b22-10-. The fraction of sp³-hybridized carbons (Fsp3) is 0.167. The van der Waals surface area contributed by atoms with Gasteiger partial charge in [0.2, 0.25) is 5.82 Å². The SMILES string of the molecule is Cc1ccc(/C=N\NC(=O)Cn2nnc(-c3cccc(C(F)(F)F)c3)n2)cc1. The van der Waals surface area contributed by atoms with E-state index in [1.807, 2.05) is 31.2 Å². The molecule has 0 aliphatic rings. The molecule has 0 saturated carbocycles. The largest absolute Gasteiger partial charge is 0.416 e. The first-order chi connectivity index (χ1) is 13.3. The van der Waals surface area contributed by atoms with Crippen molar-refractivity contribution in [3.63, 3.8) is 0 Å². The molecule has 1 amide bonds. The average molecular weight is 388 g/mol. The molecule has 1 heterocycles. The summed E-state index contributed by atoms with van der Waals surface area (Å²) in [6, 6.07) is 12.1. The average Bonchev–Trinajstić information content (AvgIpc) is 3.11. The number of hydrogen-bond donors (Lipinski definition) is 1. The van der Waals surface area contributed by atoms with Crippen LogP contribution in [0.25, 0.3) is 11.4 Å². The maximum atomic E-state index is 12.8. The highest BCUT2D eigenvalue weighted by molar-refractivity contribution is 5.82. The summed E-state index contributed by atoms with van der Waals surface area (Å²) in [6.07, 6.45) is -2.98. The maximum absolute atomic E-state index is 12.8. The van der Waals surface area contributed by atoms with Crippen molar-refractivity contribution in [2.75, 3.05) is 0 Å². The van der Waals surface area contributed by atoms with Gasteiger partial charge in [-0.25, -0.2) is 5.43 Å². The van der Waals surface area contributed by atoms with Gasteiger partial charge in [0.15, 0.2) is 0 Å². The van der Waals surface area contributed by atoms with Gasteiger partial charge in [-0.05, 0) is 29.8 Å². The van der Waals surface area contributed by atoms with Gasteiger partial charge in [-0.2, -0.15) is 23.1 Å². The molecule has 28 heavy (non-hydrogen) atoms. The van der Waals surface area contributed by atoms with Gasteiger partial charge in [-0.3, -0.25) is 4.79 Å². The quantitative estimate of drug-likeness (QED) is 0.538. The molecule has 1 N–H and O–H groups in total. The second kappa shape index (κ2) is 7.99. The second-order valence-electron chi connectivity index (χ2n) is 5.93. The number of nitrogens with one attached hydrogen (secondary N) is 1. The van der Waals surface area contributed by atoms with E-state index in [4.69, 9.17) is 0 Å². The van der Waals surface area contributed by atoms with Gasteiger partial charge in [0.05, 0.1) is 11.8 Å². The minimum atomic E-state index is -4.47. The van der Waals surface area contributed by atoms with Gasteiger partial charge >= 0.3 is 6.18 Å². The number of halogens is 3. The Balaban J connectivity index is 1.61. The highest BCUT2D eigenvalue weighted by atomic mass is 19.4. The smallest absolute Gasteiger partial charge is 0.271 e. The summed E-state index contributed by atoms with van der Waals surface area (Å²) in [7, 11) is 0. The van der Waals surface area contributed by atoms with E-state index >= 15 is 0 Å². The molecule has 0 unspecified atom stereocenters. The van der Waals surface area contributed by atoms with Crippen LogP contribution in [-0.4, -0.2) is 32.3 Å². The number of aryl methyl sites for hydroxylation is 1. The Labute approximate surface area is 157 Å². The maximum Gasteiger partial charge on any atom is 0.416 e. The zero-order valence-electron chi connectivity index (χ0n) is 14.7. The number of alkyl halides is 3. The van der Waals surface area contributed by atoms with Crippen LogP contribution in [0.4, 0.5) is 13.2 Å². The fourth-order valence-electron chi connectivity index (χ4n) is 2.26. The highest BCUT2D eigenvalue weighted by Crippen LogP contribution is 2.31. The van der Waals surface area contributed by atoms with E-state index in [1.54, 1.807) is 0 Å². The molecular weight excluding hydrogens is 373 g/mol. The van der Waals surface area contributed by atoms with Crippen LogP contribution in [-0.2, 0) is 17.5 Å². The first-order valence-corrected chi connectivity index (χ1v) is 8.15. The predicted octanol–water partition coefficient (Wildman–Crippen LogP) is 2.82. The molecule has 144 valence electrons. The number of carbonyl (C=O) groups is 1. The number of benzene rings is 2. The molecule has 0 fully saturated rings. The number of amides is 1. The van der Waals surface area contributed by atoms with Gasteiger partial charge in [-0.15, -0.1) is 10.2 Å². The topological polar surface area (TPSA) is 85.1 Å². The second-order valence-corrected chi connectivity index (χ2v) is 5.93. The lowest BCUT2D eigenvalue weighted by Gasteiger charge is -2.06. The van der Waals surface area contributed by atoms with Gasteiger partial charge in [0.1, 0.15) is 6.54 Å². The van der Waals surface area contributed by atoms with Crippen LogP contribution in [0.3, 0.4) is 0 Å². The van der Waals surface area contributed by atoms with Gasteiger partial charge in [0, 0.05) is 5.56 Å². The first-order valence-electron chi connectivity index (χ1n) is 8.15. The van der Waals surface area contributed by atoms with Gasteiger partial charge in [-0.1, -0.05) is 42.0 Å². The van der Waals surface area contributed by atoms with Crippen molar-refractivity contribution in [3.8, 4) is 11.4 Å². The van der Waals surface area contributed by atoms with Crippen molar-refractivity contribution in [1.82, 2.24) is 25.6 Å².